The van der Waals surface area contributed by atoms with Gasteiger partial charge in [-0.2, -0.15) is 18.3 Å². The van der Waals surface area contributed by atoms with E-state index >= 15 is 0 Å². The molecular formula is C9H7F3N4O2S. The molecule has 0 saturated heterocycles. The minimum absolute atomic E-state index is 0.0521. The molecule has 0 atom stereocenters. The van der Waals surface area contributed by atoms with Gasteiger partial charge in [-0.05, 0) is 13.8 Å². The number of rotatable bonds is 2. The van der Waals surface area contributed by atoms with Gasteiger partial charge in [0.05, 0.1) is 11.4 Å². The van der Waals surface area contributed by atoms with Crippen LogP contribution in [-0.4, -0.2) is 31.1 Å². The average Bonchev–Trinajstić information content (AvgIpc) is 2.82. The van der Waals surface area contributed by atoms with Crippen LogP contribution in [0.15, 0.2) is 0 Å². The Hall–Kier alpha value is -1.97. The Morgan fingerprint density at radius 2 is 1.95 bits per heavy atom. The predicted octanol–water partition coefficient (Wildman–Crippen LogP) is 2.06. The highest BCUT2D eigenvalue weighted by Crippen LogP contribution is 2.33. The molecule has 0 aliphatic carbocycles. The molecule has 0 saturated carbocycles. The molecule has 0 aliphatic rings. The van der Waals surface area contributed by atoms with Crippen molar-refractivity contribution in [1.82, 2.24) is 20.0 Å². The number of alkyl halides is 3. The molecule has 10 heteroatoms. The van der Waals surface area contributed by atoms with E-state index < -0.39 is 17.2 Å². The molecule has 6 nitrogen and oxygen atoms in total. The summed E-state index contributed by atoms with van der Waals surface area (Å²) in [5.74, 6) is -1.19. The van der Waals surface area contributed by atoms with Crippen molar-refractivity contribution >= 4 is 17.3 Å². The van der Waals surface area contributed by atoms with Crippen LogP contribution < -0.4 is 0 Å². The third kappa shape index (κ3) is 2.30. The standard InChI is InChI=1S/C9H7F3N4O2S/c1-3-5(6(17)18)4(2)16(15-3)8-14-13-7(19-8)9(10,11)12/h1-2H3,(H,17,18). The van der Waals surface area contributed by atoms with Crippen LogP contribution in [0.3, 0.4) is 0 Å². The number of carbonyl (C=O) groups is 1. The largest absolute Gasteiger partial charge is 0.478 e. The van der Waals surface area contributed by atoms with Crippen molar-refractivity contribution in [3.8, 4) is 5.13 Å². The van der Waals surface area contributed by atoms with Gasteiger partial charge in [-0.25, -0.2) is 9.48 Å². The van der Waals surface area contributed by atoms with Crippen LogP contribution in [0, 0.1) is 13.8 Å². The SMILES string of the molecule is Cc1nn(-c2nnc(C(F)(F)F)s2)c(C)c1C(=O)O. The molecule has 2 aromatic heterocycles. The summed E-state index contributed by atoms with van der Waals surface area (Å²) in [6, 6.07) is 0. The van der Waals surface area contributed by atoms with E-state index in [2.05, 4.69) is 15.3 Å². The number of aromatic nitrogens is 4. The summed E-state index contributed by atoms with van der Waals surface area (Å²) in [6.45, 7) is 2.90. The van der Waals surface area contributed by atoms with Gasteiger partial charge in [0.25, 0.3) is 0 Å². The number of halogens is 3. The Bertz CT molecular complexity index is 646. The second-order valence-corrected chi connectivity index (χ2v) is 4.61. The third-order valence-corrected chi connectivity index (χ3v) is 3.29. The van der Waals surface area contributed by atoms with E-state index in [0.717, 1.165) is 4.68 Å². The minimum Gasteiger partial charge on any atom is -0.478 e. The first-order valence-corrected chi connectivity index (χ1v) is 5.74. The first kappa shape index (κ1) is 13.5. The molecule has 2 aromatic rings. The summed E-state index contributed by atoms with van der Waals surface area (Å²) in [7, 11) is 0. The Morgan fingerprint density at radius 3 is 2.37 bits per heavy atom. The monoisotopic (exact) mass is 292 g/mol. The van der Waals surface area contributed by atoms with Gasteiger partial charge in [-0.1, -0.05) is 11.3 Å². The fourth-order valence-corrected chi connectivity index (χ4v) is 2.27. The van der Waals surface area contributed by atoms with Crippen molar-refractivity contribution in [3.05, 3.63) is 22.0 Å². The van der Waals surface area contributed by atoms with Crippen LogP contribution in [0.2, 0.25) is 0 Å². The zero-order chi connectivity index (χ0) is 14.4. The number of aromatic carboxylic acids is 1. The van der Waals surface area contributed by atoms with E-state index in [-0.39, 0.29) is 22.1 Å². The van der Waals surface area contributed by atoms with Gasteiger partial charge < -0.3 is 5.11 Å². The topological polar surface area (TPSA) is 80.9 Å². The van der Waals surface area contributed by atoms with Gasteiger partial charge in [-0.15, -0.1) is 10.2 Å². The second-order valence-electron chi connectivity index (χ2n) is 3.65. The summed E-state index contributed by atoms with van der Waals surface area (Å²) in [5, 5.41) is 18.0. The van der Waals surface area contributed by atoms with E-state index in [9.17, 15) is 18.0 Å². The van der Waals surface area contributed by atoms with E-state index in [1.165, 1.54) is 13.8 Å². The van der Waals surface area contributed by atoms with Gasteiger partial charge in [-0.3, -0.25) is 0 Å². The predicted molar refractivity (Wildman–Crippen MR) is 58.5 cm³/mol. The molecule has 2 rings (SSSR count). The molecule has 0 unspecified atom stereocenters. The van der Waals surface area contributed by atoms with E-state index in [1.807, 2.05) is 0 Å². The van der Waals surface area contributed by atoms with Crippen LogP contribution in [0.1, 0.15) is 26.8 Å². The molecule has 19 heavy (non-hydrogen) atoms. The summed E-state index contributed by atoms with van der Waals surface area (Å²) >= 11 is 0.301. The second kappa shape index (κ2) is 4.30. The maximum atomic E-state index is 12.4. The van der Waals surface area contributed by atoms with Crippen molar-refractivity contribution in [3.63, 3.8) is 0 Å². The minimum atomic E-state index is -4.58. The lowest BCUT2D eigenvalue weighted by atomic mass is 10.2. The molecule has 0 aliphatic heterocycles. The lowest BCUT2D eigenvalue weighted by molar-refractivity contribution is -0.138. The lowest BCUT2D eigenvalue weighted by Gasteiger charge is -1.99. The highest BCUT2D eigenvalue weighted by molar-refractivity contribution is 7.13. The number of hydrogen-bond donors (Lipinski definition) is 1. The average molecular weight is 292 g/mol. The van der Waals surface area contributed by atoms with Gasteiger partial charge in [0.1, 0.15) is 5.56 Å². The quantitative estimate of drug-likeness (QED) is 0.916. The smallest absolute Gasteiger partial charge is 0.445 e. The molecule has 0 radical (unpaired) electrons. The number of hydrogen-bond acceptors (Lipinski definition) is 5. The molecule has 0 spiro atoms. The van der Waals surface area contributed by atoms with Gasteiger partial charge in [0, 0.05) is 0 Å². The fourth-order valence-electron chi connectivity index (χ4n) is 1.55. The van der Waals surface area contributed by atoms with E-state index in [1.54, 1.807) is 0 Å². The molecule has 0 fully saturated rings. The van der Waals surface area contributed by atoms with Crippen molar-refractivity contribution < 1.29 is 23.1 Å². The Kier molecular flexibility index (Phi) is 3.04. The van der Waals surface area contributed by atoms with Crippen molar-refractivity contribution in [2.75, 3.05) is 0 Å². The fraction of sp³-hybridized carbons (Fsp3) is 0.333. The molecule has 2 heterocycles. The first-order valence-electron chi connectivity index (χ1n) is 4.92. The number of aryl methyl sites for hydroxylation is 1. The summed E-state index contributed by atoms with van der Waals surface area (Å²) in [5.41, 5.74) is 0.354. The Morgan fingerprint density at radius 1 is 1.32 bits per heavy atom. The van der Waals surface area contributed by atoms with Crippen molar-refractivity contribution in [2.24, 2.45) is 0 Å². The van der Waals surface area contributed by atoms with Crippen LogP contribution in [-0.2, 0) is 6.18 Å². The van der Waals surface area contributed by atoms with Crippen LogP contribution in [0.4, 0.5) is 13.2 Å². The van der Waals surface area contributed by atoms with Gasteiger partial charge in [0.2, 0.25) is 10.1 Å². The van der Waals surface area contributed by atoms with E-state index in [0.29, 0.717) is 11.3 Å². The molecule has 1 N–H and O–H groups in total. The summed E-state index contributed by atoms with van der Waals surface area (Å²) in [4.78, 5) is 11.0. The maximum absolute atomic E-state index is 12.4. The molecule has 0 amide bonds. The van der Waals surface area contributed by atoms with Gasteiger partial charge >= 0.3 is 12.1 Å². The lowest BCUT2D eigenvalue weighted by Crippen LogP contribution is -2.03. The van der Waals surface area contributed by atoms with Crippen LogP contribution in [0.5, 0.6) is 0 Å². The Labute approximate surface area is 108 Å². The highest BCUT2D eigenvalue weighted by Gasteiger charge is 2.36. The molecule has 0 bridgehead atoms. The normalized spacial score (nSPS) is 11.8. The number of carboxylic acid groups (broad SMARTS) is 1. The van der Waals surface area contributed by atoms with Crippen LogP contribution >= 0.6 is 11.3 Å². The van der Waals surface area contributed by atoms with Crippen molar-refractivity contribution in [1.29, 1.82) is 0 Å². The zero-order valence-corrected chi connectivity index (χ0v) is 10.5. The zero-order valence-electron chi connectivity index (χ0n) is 9.69. The third-order valence-electron chi connectivity index (χ3n) is 2.34. The van der Waals surface area contributed by atoms with Crippen LogP contribution in [0.25, 0.3) is 5.13 Å². The first-order chi connectivity index (χ1) is 8.71. The molecular weight excluding hydrogens is 285 g/mol. The molecule has 102 valence electrons. The van der Waals surface area contributed by atoms with Crippen molar-refractivity contribution in [2.45, 2.75) is 20.0 Å². The molecule has 0 aromatic carbocycles. The number of carboxylic acids is 1. The number of nitrogens with zero attached hydrogens (tertiary/aromatic N) is 4. The summed E-state index contributed by atoms with van der Waals surface area (Å²) < 4.78 is 38.3. The van der Waals surface area contributed by atoms with E-state index in [4.69, 9.17) is 5.11 Å². The highest BCUT2D eigenvalue weighted by atomic mass is 32.1. The Balaban J connectivity index is 2.52. The van der Waals surface area contributed by atoms with Gasteiger partial charge in [0.15, 0.2) is 0 Å². The summed E-state index contributed by atoms with van der Waals surface area (Å²) in [6.07, 6.45) is -4.58. The maximum Gasteiger partial charge on any atom is 0.445 e.